The van der Waals surface area contributed by atoms with Crippen molar-refractivity contribution < 1.29 is 32.6 Å². The number of aliphatic carboxylic acids is 1. The number of carbonyl (C=O) groups is 2. The van der Waals surface area contributed by atoms with Crippen molar-refractivity contribution in [3.63, 3.8) is 0 Å². The van der Waals surface area contributed by atoms with E-state index in [9.17, 15) is 22.8 Å². The zero-order chi connectivity index (χ0) is 16.4. The van der Waals surface area contributed by atoms with Gasteiger partial charge in [-0.1, -0.05) is 0 Å². The normalized spacial score (nSPS) is 21.6. The number of aromatic nitrogens is 1. The topological polar surface area (TPSA) is 88.5 Å². The molecule has 1 aromatic heterocycles. The van der Waals surface area contributed by atoms with E-state index in [0.717, 1.165) is 12.1 Å². The molecule has 2 N–H and O–H groups in total. The molecule has 22 heavy (non-hydrogen) atoms. The number of nitrogens with zero attached hydrogens (tertiary/aromatic N) is 1. The van der Waals surface area contributed by atoms with E-state index in [-0.39, 0.29) is 18.7 Å². The maximum absolute atomic E-state index is 12.4. The number of carboxylic acid groups (broad SMARTS) is 1. The Labute approximate surface area is 123 Å². The quantitative estimate of drug-likeness (QED) is 0.877. The van der Waals surface area contributed by atoms with E-state index in [4.69, 9.17) is 9.84 Å². The molecule has 2 heterocycles. The van der Waals surface area contributed by atoms with Crippen LogP contribution in [0.1, 0.15) is 28.9 Å². The molecule has 1 saturated heterocycles. The molecular formula is C13H13F3N2O4. The maximum atomic E-state index is 12.4. The molecular weight excluding hydrogens is 305 g/mol. The van der Waals surface area contributed by atoms with Crippen LogP contribution in [0.25, 0.3) is 0 Å². The lowest BCUT2D eigenvalue weighted by atomic mass is 9.94. The lowest BCUT2D eigenvalue weighted by Gasteiger charge is -2.26. The molecule has 1 fully saturated rings. The molecule has 0 aliphatic carbocycles. The third-order valence-electron chi connectivity index (χ3n) is 3.30. The lowest BCUT2D eigenvalue weighted by Crippen LogP contribution is -2.50. The van der Waals surface area contributed by atoms with E-state index < -0.39 is 29.2 Å². The van der Waals surface area contributed by atoms with Crippen LogP contribution in [0.15, 0.2) is 18.3 Å². The summed E-state index contributed by atoms with van der Waals surface area (Å²) in [4.78, 5) is 26.4. The zero-order valence-corrected chi connectivity index (χ0v) is 11.3. The molecule has 1 aromatic rings. The fourth-order valence-electron chi connectivity index (χ4n) is 2.18. The van der Waals surface area contributed by atoms with E-state index in [1.54, 1.807) is 0 Å². The highest BCUT2D eigenvalue weighted by atomic mass is 19.4. The first-order valence-electron chi connectivity index (χ1n) is 6.37. The number of rotatable bonds is 4. The van der Waals surface area contributed by atoms with Crippen LogP contribution >= 0.6 is 0 Å². The summed E-state index contributed by atoms with van der Waals surface area (Å²) in [5, 5.41) is 11.4. The second-order valence-electron chi connectivity index (χ2n) is 5.04. The summed E-state index contributed by atoms with van der Waals surface area (Å²) in [5.74, 6) is -1.84. The van der Waals surface area contributed by atoms with E-state index in [1.807, 2.05) is 0 Å². The monoisotopic (exact) mass is 318 g/mol. The molecule has 1 aliphatic rings. The molecule has 0 aromatic carbocycles. The number of ether oxygens (including phenoxy) is 1. The van der Waals surface area contributed by atoms with E-state index >= 15 is 0 Å². The number of hydrogen-bond donors (Lipinski definition) is 2. The Kier molecular flexibility index (Phi) is 4.36. The summed E-state index contributed by atoms with van der Waals surface area (Å²) in [7, 11) is 0. The van der Waals surface area contributed by atoms with Crippen LogP contribution in [0.2, 0.25) is 0 Å². The summed E-state index contributed by atoms with van der Waals surface area (Å²) in [5.41, 5.74) is -2.24. The first kappa shape index (κ1) is 16.2. The molecule has 1 aliphatic heterocycles. The number of pyridine rings is 1. The first-order chi connectivity index (χ1) is 10.2. The molecule has 0 bridgehead atoms. The van der Waals surface area contributed by atoms with Crippen LogP contribution in [-0.2, 0) is 15.7 Å². The van der Waals surface area contributed by atoms with Crippen molar-refractivity contribution in [3.8, 4) is 0 Å². The number of carboxylic acids is 1. The second kappa shape index (κ2) is 5.91. The van der Waals surface area contributed by atoms with E-state index in [2.05, 4.69) is 10.3 Å². The molecule has 1 unspecified atom stereocenters. The van der Waals surface area contributed by atoms with Gasteiger partial charge in [-0.25, -0.2) is 0 Å². The van der Waals surface area contributed by atoms with Crippen molar-refractivity contribution in [2.75, 3.05) is 13.2 Å². The summed E-state index contributed by atoms with van der Waals surface area (Å²) < 4.78 is 42.4. The Hall–Kier alpha value is -2.16. The van der Waals surface area contributed by atoms with Crippen LogP contribution in [-0.4, -0.2) is 40.7 Å². The van der Waals surface area contributed by atoms with Crippen LogP contribution in [0.5, 0.6) is 0 Å². The Morgan fingerprint density at radius 3 is 2.59 bits per heavy atom. The molecule has 6 nitrogen and oxygen atoms in total. The Morgan fingerprint density at radius 2 is 2.14 bits per heavy atom. The van der Waals surface area contributed by atoms with Gasteiger partial charge in [-0.15, -0.1) is 0 Å². The van der Waals surface area contributed by atoms with Crippen LogP contribution < -0.4 is 5.32 Å². The van der Waals surface area contributed by atoms with Crippen molar-refractivity contribution >= 4 is 11.9 Å². The standard InChI is InChI=1S/C13H13F3N2O4/c14-13(15,16)8-1-2-9(17-6-8)11(21)18-12(5-10(19)20)3-4-22-7-12/h1-2,6H,3-5,7H2,(H,18,21)(H,19,20). The Bertz CT molecular complexity index is 566. The van der Waals surface area contributed by atoms with Gasteiger partial charge in [-0.05, 0) is 18.6 Å². The van der Waals surface area contributed by atoms with Gasteiger partial charge in [-0.3, -0.25) is 14.6 Å². The maximum Gasteiger partial charge on any atom is 0.417 e. The third kappa shape index (κ3) is 3.73. The molecule has 9 heteroatoms. The van der Waals surface area contributed by atoms with Crippen molar-refractivity contribution in [1.29, 1.82) is 0 Å². The van der Waals surface area contributed by atoms with Crippen molar-refractivity contribution in [3.05, 3.63) is 29.6 Å². The Balaban J connectivity index is 2.12. The van der Waals surface area contributed by atoms with Crippen molar-refractivity contribution in [2.45, 2.75) is 24.6 Å². The number of amides is 1. The smallest absolute Gasteiger partial charge is 0.417 e. The number of carbonyl (C=O) groups excluding carboxylic acids is 1. The average molecular weight is 318 g/mol. The van der Waals surface area contributed by atoms with Crippen LogP contribution in [0.4, 0.5) is 13.2 Å². The Morgan fingerprint density at radius 1 is 1.41 bits per heavy atom. The van der Waals surface area contributed by atoms with Gasteiger partial charge in [0.2, 0.25) is 0 Å². The van der Waals surface area contributed by atoms with Gasteiger partial charge < -0.3 is 15.2 Å². The predicted molar refractivity (Wildman–Crippen MR) is 67.1 cm³/mol. The molecule has 2 rings (SSSR count). The first-order valence-corrected chi connectivity index (χ1v) is 6.37. The van der Waals surface area contributed by atoms with Gasteiger partial charge in [0.1, 0.15) is 5.69 Å². The van der Waals surface area contributed by atoms with E-state index in [1.165, 1.54) is 0 Å². The van der Waals surface area contributed by atoms with Gasteiger partial charge in [0.15, 0.2) is 0 Å². The molecule has 120 valence electrons. The number of nitrogens with one attached hydrogen (secondary N) is 1. The fourth-order valence-corrected chi connectivity index (χ4v) is 2.18. The number of halogens is 3. The van der Waals surface area contributed by atoms with Crippen LogP contribution in [0, 0.1) is 0 Å². The third-order valence-corrected chi connectivity index (χ3v) is 3.30. The molecule has 0 saturated carbocycles. The largest absolute Gasteiger partial charge is 0.481 e. The zero-order valence-electron chi connectivity index (χ0n) is 11.3. The van der Waals surface area contributed by atoms with Gasteiger partial charge in [0, 0.05) is 12.8 Å². The summed E-state index contributed by atoms with van der Waals surface area (Å²) in [6.45, 7) is 0.333. The van der Waals surface area contributed by atoms with Gasteiger partial charge in [-0.2, -0.15) is 13.2 Å². The summed E-state index contributed by atoms with van der Waals surface area (Å²) >= 11 is 0. The van der Waals surface area contributed by atoms with Gasteiger partial charge in [0.25, 0.3) is 5.91 Å². The minimum atomic E-state index is -4.54. The highest BCUT2D eigenvalue weighted by molar-refractivity contribution is 5.93. The minimum absolute atomic E-state index is 0.0334. The lowest BCUT2D eigenvalue weighted by molar-refractivity contribution is -0.139. The summed E-state index contributed by atoms with van der Waals surface area (Å²) in [6.07, 6.45) is -4.00. The van der Waals surface area contributed by atoms with Crippen molar-refractivity contribution in [2.24, 2.45) is 0 Å². The minimum Gasteiger partial charge on any atom is -0.481 e. The average Bonchev–Trinajstić information content (AvgIpc) is 2.85. The molecule has 0 radical (unpaired) electrons. The number of alkyl halides is 3. The van der Waals surface area contributed by atoms with Gasteiger partial charge in [0.05, 0.1) is 24.1 Å². The van der Waals surface area contributed by atoms with Crippen LogP contribution in [0.3, 0.4) is 0 Å². The second-order valence-corrected chi connectivity index (χ2v) is 5.04. The predicted octanol–water partition coefficient (Wildman–Crippen LogP) is 1.46. The SMILES string of the molecule is O=C(O)CC1(NC(=O)c2ccc(C(F)(F)F)cn2)CCOC1. The van der Waals surface area contributed by atoms with Crippen molar-refractivity contribution in [1.82, 2.24) is 10.3 Å². The molecule has 1 atom stereocenters. The fraction of sp³-hybridized carbons (Fsp3) is 0.462. The highest BCUT2D eigenvalue weighted by Crippen LogP contribution is 2.28. The summed E-state index contributed by atoms with van der Waals surface area (Å²) in [6, 6.07) is 1.69. The number of hydrogen-bond acceptors (Lipinski definition) is 4. The molecule has 0 spiro atoms. The highest BCUT2D eigenvalue weighted by Gasteiger charge is 2.39. The molecule has 1 amide bonds. The van der Waals surface area contributed by atoms with Gasteiger partial charge >= 0.3 is 12.1 Å². The van der Waals surface area contributed by atoms with E-state index in [0.29, 0.717) is 19.2 Å².